The summed E-state index contributed by atoms with van der Waals surface area (Å²) in [7, 11) is 0. The summed E-state index contributed by atoms with van der Waals surface area (Å²) in [5, 5.41) is 9.68. The minimum atomic E-state index is -0.0106. The predicted octanol–water partition coefficient (Wildman–Crippen LogP) is 3.18. The van der Waals surface area contributed by atoms with Gasteiger partial charge >= 0.3 is 0 Å². The summed E-state index contributed by atoms with van der Waals surface area (Å²) in [4.78, 5) is 11.4. The number of carbonyl (C=O) groups is 1. The van der Waals surface area contributed by atoms with Crippen molar-refractivity contribution in [3.05, 3.63) is 29.3 Å². The van der Waals surface area contributed by atoms with Gasteiger partial charge in [0.15, 0.2) is 5.78 Å². The summed E-state index contributed by atoms with van der Waals surface area (Å²) in [6.07, 6.45) is 1.35. The number of hydrogen-bond donors (Lipinski definition) is 1. The third kappa shape index (κ3) is 3.08. The van der Waals surface area contributed by atoms with Crippen LogP contribution in [0.1, 0.15) is 43.1 Å². The van der Waals surface area contributed by atoms with Gasteiger partial charge in [0.25, 0.3) is 0 Å². The van der Waals surface area contributed by atoms with Gasteiger partial charge in [-0.2, -0.15) is 0 Å². The van der Waals surface area contributed by atoms with E-state index >= 15 is 0 Å². The second-order valence-electron chi connectivity index (χ2n) is 4.23. The van der Waals surface area contributed by atoms with Crippen LogP contribution in [-0.4, -0.2) is 10.9 Å². The minimum Gasteiger partial charge on any atom is -0.507 e. The highest BCUT2D eigenvalue weighted by Gasteiger charge is 2.09. The van der Waals surface area contributed by atoms with Crippen molar-refractivity contribution in [3.8, 4) is 5.75 Å². The maximum Gasteiger partial charge on any atom is 0.166 e. The van der Waals surface area contributed by atoms with Gasteiger partial charge < -0.3 is 5.11 Å². The lowest BCUT2D eigenvalue weighted by atomic mass is 9.99. The van der Waals surface area contributed by atoms with Crippen molar-refractivity contribution in [1.82, 2.24) is 0 Å². The number of carbonyl (C=O) groups excluding carboxylic acids is 1. The molecule has 0 aliphatic rings. The topological polar surface area (TPSA) is 37.3 Å². The van der Waals surface area contributed by atoms with E-state index in [1.165, 1.54) is 0 Å². The normalized spacial score (nSPS) is 10.7. The number of benzene rings is 1. The smallest absolute Gasteiger partial charge is 0.166 e. The Hall–Kier alpha value is -1.31. The van der Waals surface area contributed by atoms with E-state index in [1.807, 2.05) is 6.07 Å². The molecular formula is C13H18O2. The second-order valence-corrected chi connectivity index (χ2v) is 4.23. The number of phenolic OH excluding ortho intramolecular Hbond substituents is 1. The summed E-state index contributed by atoms with van der Waals surface area (Å²) in [6, 6.07) is 5.34. The van der Waals surface area contributed by atoms with Crippen molar-refractivity contribution >= 4 is 5.78 Å². The zero-order valence-electron chi connectivity index (χ0n) is 9.58. The maximum atomic E-state index is 11.4. The van der Waals surface area contributed by atoms with Crippen LogP contribution in [-0.2, 0) is 6.42 Å². The standard InChI is InChI=1S/C13H18O2/c1-4-12(14)11-6-5-10(7-9(2)3)8-13(11)15/h5-6,8-9,15H,4,7H2,1-3H3. The Balaban J connectivity index is 2.93. The molecule has 1 N–H and O–H groups in total. The highest BCUT2D eigenvalue weighted by atomic mass is 16.3. The van der Waals surface area contributed by atoms with Crippen molar-refractivity contribution in [2.75, 3.05) is 0 Å². The molecule has 82 valence electrons. The average molecular weight is 206 g/mol. The molecule has 1 aromatic rings. The Kier molecular flexibility index (Phi) is 3.89. The van der Waals surface area contributed by atoms with Gasteiger partial charge in [-0.15, -0.1) is 0 Å². The molecule has 0 saturated carbocycles. The zero-order valence-corrected chi connectivity index (χ0v) is 9.58. The van der Waals surface area contributed by atoms with Gasteiger partial charge in [-0.05, 0) is 30.0 Å². The molecule has 0 amide bonds. The zero-order chi connectivity index (χ0) is 11.4. The Morgan fingerprint density at radius 3 is 2.53 bits per heavy atom. The number of rotatable bonds is 4. The van der Waals surface area contributed by atoms with E-state index in [9.17, 15) is 9.90 Å². The molecule has 0 aliphatic carbocycles. The molecule has 0 aromatic heterocycles. The van der Waals surface area contributed by atoms with Crippen LogP contribution in [0.4, 0.5) is 0 Å². The van der Waals surface area contributed by atoms with E-state index in [1.54, 1.807) is 19.1 Å². The molecule has 0 fully saturated rings. The Morgan fingerprint density at radius 2 is 2.07 bits per heavy atom. The van der Waals surface area contributed by atoms with Crippen molar-refractivity contribution < 1.29 is 9.90 Å². The highest BCUT2D eigenvalue weighted by Crippen LogP contribution is 2.21. The van der Waals surface area contributed by atoms with Crippen molar-refractivity contribution in [2.24, 2.45) is 5.92 Å². The molecule has 2 heteroatoms. The van der Waals surface area contributed by atoms with Gasteiger partial charge in [0.05, 0.1) is 5.56 Å². The van der Waals surface area contributed by atoms with Gasteiger partial charge in [0.2, 0.25) is 0 Å². The summed E-state index contributed by atoms with van der Waals surface area (Å²) >= 11 is 0. The fourth-order valence-corrected chi connectivity index (χ4v) is 1.60. The molecule has 0 spiro atoms. The quantitative estimate of drug-likeness (QED) is 0.768. The first-order valence-corrected chi connectivity index (χ1v) is 5.39. The molecule has 0 radical (unpaired) electrons. The molecule has 15 heavy (non-hydrogen) atoms. The summed E-state index contributed by atoms with van der Waals surface area (Å²) in [5.74, 6) is 0.653. The van der Waals surface area contributed by atoms with Gasteiger partial charge in [0, 0.05) is 6.42 Å². The first kappa shape index (κ1) is 11.8. The predicted molar refractivity (Wildman–Crippen MR) is 61.3 cm³/mol. The number of Topliss-reactive ketones (excluding diaryl/α,β-unsaturated/α-hetero) is 1. The Bertz CT molecular complexity index is 354. The monoisotopic (exact) mass is 206 g/mol. The molecule has 0 atom stereocenters. The fourth-order valence-electron chi connectivity index (χ4n) is 1.60. The third-order valence-electron chi connectivity index (χ3n) is 2.33. The molecule has 2 nitrogen and oxygen atoms in total. The molecule has 0 heterocycles. The molecule has 0 unspecified atom stereocenters. The molecule has 0 aliphatic heterocycles. The third-order valence-corrected chi connectivity index (χ3v) is 2.33. The minimum absolute atomic E-state index is 0.0106. The molecule has 0 bridgehead atoms. The maximum absolute atomic E-state index is 11.4. The lowest BCUT2D eigenvalue weighted by Crippen LogP contribution is -1.99. The number of phenols is 1. The summed E-state index contributed by atoms with van der Waals surface area (Å²) in [6.45, 7) is 6.05. The number of aromatic hydroxyl groups is 1. The molecule has 1 aromatic carbocycles. The van der Waals surface area contributed by atoms with Crippen molar-refractivity contribution in [3.63, 3.8) is 0 Å². The molecule has 0 saturated heterocycles. The van der Waals surface area contributed by atoms with Crippen molar-refractivity contribution in [2.45, 2.75) is 33.6 Å². The average Bonchev–Trinajstić information content (AvgIpc) is 2.16. The van der Waals surface area contributed by atoms with Gasteiger partial charge in [-0.1, -0.05) is 26.8 Å². The lowest BCUT2D eigenvalue weighted by Gasteiger charge is -2.07. The van der Waals surface area contributed by atoms with Crippen LogP contribution in [0, 0.1) is 5.92 Å². The van der Waals surface area contributed by atoms with Crippen LogP contribution in [0.2, 0.25) is 0 Å². The van der Waals surface area contributed by atoms with Gasteiger partial charge in [0.1, 0.15) is 5.75 Å². The number of hydrogen-bond acceptors (Lipinski definition) is 2. The van der Waals surface area contributed by atoms with E-state index in [2.05, 4.69) is 13.8 Å². The van der Waals surface area contributed by atoms with Crippen LogP contribution in [0.25, 0.3) is 0 Å². The first-order valence-electron chi connectivity index (χ1n) is 5.39. The Labute approximate surface area is 90.9 Å². The molecule has 1 rings (SSSR count). The molecular weight excluding hydrogens is 188 g/mol. The van der Waals surface area contributed by atoms with E-state index in [0.29, 0.717) is 17.9 Å². The van der Waals surface area contributed by atoms with Gasteiger partial charge in [-0.25, -0.2) is 0 Å². The van der Waals surface area contributed by atoms with Crippen LogP contribution in [0.5, 0.6) is 5.75 Å². The SMILES string of the molecule is CCC(=O)c1ccc(CC(C)C)cc1O. The highest BCUT2D eigenvalue weighted by molar-refractivity contribution is 5.98. The largest absolute Gasteiger partial charge is 0.507 e. The van der Waals surface area contributed by atoms with Crippen molar-refractivity contribution in [1.29, 1.82) is 0 Å². The van der Waals surface area contributed by atoms with E-state index < -0.39 is 0 Å². The van der Waals surface area contributed by atoms with Crippen LogP contribution in [0.15, 0.2) is 18.2 Å². The number of ketones is 1. The summed E-state index contributed by atoms with van der Waals surface area (Å²) < 4.78 is 0. The van der Waals surface area contributed by atoms with Crippen LogP contribution >= 0.6 is 0 Å². The van der Waals surface area contributed by atoms with Crippen LogP contribution in [0.3, 0.4) is 0 Å². The van der Waals surface area contributed by atoms with E-state index in [0.717, 1.165) is 12.0 Å². The second kappa shape index (κ2) is 4.96. The van der Waals surface area contributed by atoms with E-state index in [-0.39, 0.29) is 11.5 Å². The lowest BCUT2D eigenvalue weighted by molar-refractivity contribution is 0.0985. The Morgan fingerprint density at radius 1 is 1.40 bits per heavy atom. The first-order chi connectivity index (χ1) is 7.04. The van der Waals surface area contributed by atoms with E-state index in [4.69, 9.17) is 0 Å². The summed E-state index contributed by atoms with van der Waals surface area (Å²) in [5.41, 5.74) is 1.51. The fraction of sp³-hybridized carbons (Fsp3) is 0.462. The van der Waals surface area contributed by atoms with Gasteiger partial charge in [-0.3, -0.25) is 4.79 Å². The van der Waals surface area contributed by atoms with Crippen LogP contribution < -0.4 is 0 Å².